The molecular weight excluding hydrogens is 252 g/mol. The molecule has 1 N–H and O–H groups in total. The third-order valence-electron chi connectivity index (χ3n) is 3.03. The Morgan fingerprint density at radius 1 is 1.05 bits per heavy atom. The number of hydrogen-bond acceptors (Lipinski definition) is 1. The molecule has 0 heterocycles. The van der Waals surface area contributed by atoms with Crippen LogP contribution in [0.4, 0.5) is 0 Å². The maximum Gasteiger partial charge on any atom is 0.307 e. The van der Waals surface area contributed by atoms with E-state index < -0.39 is 14.8 Å². The van der Waals surface area contributed by atoms with E-state index in [1.807, 2.05) is 12.1 Å². The molecule has 0 saturated heterocycles. The van der Waals surface area contributed by atoms with Crippen LogP contribution in [-0.2, 0) is 11.2 Å². The molecule has 0 fully saturated rings. The number of carboxylic acid groups (broad SMARTS) is 1. The lowest BCUT2D eigenvalue weighted by Crippen LogP contribution is -2.32. The van der Waals surface area contributed by atoms with E-state index >= 15 is 0 Å². The van der Waals surface area contributed by atoms with Gasteiger partial charge in [-0.25, -0.2) is 0 Å². The normalized spacial score (nSPS) is 11.5. The maximum absolute atomic E-state index is 10.7. The lowest BCUT2D eigenvalue weighted by Gasteiger charge is -2.20. The molecule has 1 aromatic carbocycles. The molecule has 0 aromatic heterocycles. The Balaban J connectivity index is 2.80. The van der Waals surface area contributed by atoms with Crippen molar-refractivity contribution >= 4 is 20.0 Å². The van der Waals surface area contributed by atoms with Gasteiger partial charge in [-0.1, -0.05) is 69.2 Å². The summed E-state index contributed by atoms with van der Waals surface area (Å²) in [5, 5.41) is 10.2. The molecule has 2 nitrogen and oxygen atoms in total. The highest BCUT2D eigenvalue weighted by molar-refractivity contribution is 6.73. The lowest BCUT2D eigenvalue weighted by molar-refractivity contribution is -0.136. The predicted octanol–water partition coefficient (Wildman–Crippen LogP) is 3.33. The van der Waals surface area contributed by atoms with Crippen molar-refractivity contribution in [1.82, 2.24) is 0 Å². The van der Waals surface area contributed by atoms with Gasteiger partial charge >= 0.3 is 5.97 Å². The zero-order valence-corrected chi connectivity index (χ0v) is 13.4. The minimum absolute atomic E-state index is 0.122. The standard InChI is InChI=1S/C16H25O2Si/c1-12(2)10-19(11-13(3)4)15-7-5-14(6-8-15)9-16(17)18/h5-8,12-13H,9-11H2,1-4H3,(H,17,18). The molecular formula is C16H25O2Si. The Hall–Kier alpha value is -1.09. The molecule has 1 rings (SSSR count). The quantitative estimate of drug-likeness (QED) is 0.776. The number of carboxylic acids is 1. The van der Waals surface area contributed by atoms with Gasteiger partial charge < -0.3 is 5.11 Å². The second kappa shape index (κ2) is 7.48. The van der Waals surface area contributed by atoms with Crippen molar-refractivity contribution in [1.29, 1.82) is 0 Å². The molecule has 0 aliphatic carbocycles. The highest BCUT2D eigenvalue weighted by Gasteiger charge is 2.17. The molecule has 105 valence electrons. The fourth-order valence-electron chi connectivity index (χ4n) is 2.34. The number of aliphatic carboxylic acids is 1. The van der Waals surface area contributed by atoms with Gasteiger partial charge in [0.25, 0.3) is 0 Å². The van der Waals surface area contributed by atoms with Crippen molar-refractivity contribution < 1.29 is 9.90 Å². The van der Waals surface area contributed by atoms with Crippen molar-refractivity contribution in [2.45, 2.75) is 46.2 Å². The van der Waals surface area contributed by atoms with Gasteiger partial charge in [0.15, 0.2) is 0 Å². The lowest BCUT2D eigenvalue weighted by atomic mass is 10.2. The first-order valence-corrected chi connectivity index (χ1v) is 8.95. The smallest absolute Gasteiger partial charge is 0.307 e. The summed E-state index contributed by atoms with van der Waals surface area (Å²) in [5.74, 6) is 0.695. The summed E-state index contributed by atoms with van der Waals surface area (Å²) < 4.78 is 0. The first-order valence-electron chi connectivity index (χ1n) is 7.04. The van der Waals surface area contributed by atoms with E-state index in [9.17, 15) is 4.79 Å². The van der Waals surface area contributed by atoms with Crippen molar-refractivity contribution in [3.8, 4) is 0 Å². The minimum Gasteiger partial charge on any atom is -0.481 e. The molecule has 0 atom stereocenters. The third kappa shape index (κ3) is 6.06. The summed E-state index contributed by atoms with van der Waals surface area (Å²) in [6.07, 6.45) is 0.122. The Morgan fingerprint density at radius 3 is 1.89 bits per heavy atom. The summed E-state index contributed by atoms with van der Waals surface area (Å²) in [6.45, 7) is 9.13. The number of benzene rings is 1. The van der Waals surface area contributed by atoms with E-state index in [2.05, 4.69) is 39.8 Å². The summed E-state index contributed by atoms with van der Waals surface area (Å²) in [6, 6.07) is 10.8. The molecule has 3 heteroatoms. The van der Waals surface area contributed by atoms with Crippen molar-refractivity contribution in [2.24, 2.45) is 11.8 Å². The van der Waals surface area contributed by atoms with Crippen molar-refractivity contribution in [3.05, 3.63) is 29.8 Å². The molecule has 19 heavy (non-hydrogen) atoms. The summed E-state index contributed by atoms with van der Waals surface area (Å²) in [5.41, 5.74) is 0.895. The van der Waals surface area contributed by atoms with E-state index in [-0.39, 0.29) is 6.42 Å². The Kier molecular flexibility index (Phi) is 6.29. The molecule has 0 amide bonds. The fourth-order valence-corrected chi connectivity index (χ4v) is 5.58. The van der Waals surface area contributed by atoms with E-state index in [4.69, 9.17) is 5.11 Å². The van der Waals surface area contributed by atoms with Crippen LogP contribution in [0.3, 0.4) is 0 Å². The summed E-state index contributed by atoms with van der Waals surface area (Å²) >= 11 is 0. The third-order valence-corrected chi connectivity index (χ3v) is 6.80. The Labute approximate surface area is 118 Å². The molecule has 1 aromatic rings. The molecule has 0 spiro atoms. The molecule has 0 aliphatic rings. The van der Waals surface area contributed by atoms with Crippen LogP contribution in [0.25, 0.3) is 0 Å². The van der Waals surface area contributed by atoms with E-state index in [0.29, 0.717) is 0 Å². The fraction of sp³-hybridized carbons (Fsp3) is 0.562. The monoisotopic (exact) mass is 277 g/mol. The van der Waals surface area contributed by atoms with Gasteiger partial charge in [-0.3, -0.25) is 4.79 Å². The maximum atomic E-state index is 10.7. The number of carbonyl (C=O) groups is 1. The number of hydrogen-bond donors (Lipinski definition) is 1. The van der Waals surface area contributed by atoms with Crippen LogP contribution < -0.4 is 5.19 Å². The highest BCUT2D eigenvalue weighted by atomic mass is 28.3. The van der Waals surface area contributed by atoms with E-state index in [0.717, 1.165) is 17.4 Å². The Morgan fingerprint density at radius 2 is 1.53 bits per heavy atom. The minimum atomic E-state index is -0.761. The van der Waals surface area contributed by atoms with Crippen molar-refractivity contribution in [3.63, 3.8) is 0 Å². The largest absolute Gasteiger partial charge is 0.481 e. The van der Waals surface area contributed by atoms with Gasteiger partial charge in [0.1, 0.15) is 0 Å². The van der Waals surface area contributed by atoms with Gasteiger partial charge in [-0.15, -0.1) is 0 Å². The van der Waals surface area contributed by atoms with Gasteiger partial charge in [0.05, 0.1) is 15.2 Å². The first kappa shape index (κ1) is 16.0. The average Bonchev–Trinajstić information content (AvgIpc) is 2.27. The van der Waals surface area contributed by atoms with Crippen LogP contribution in [0.2, 0.25) is 12.1 Å². The predicted molar refractivity (Wildman–Crippen MR) is 82.5 cm³/mol. The number of rotatable bonds is 7. The highest BCUT2D eigenvalue weighted by Crippen LogP contribution is 2.15. The van der Waals surface area contributed by atoms with Crippen LogP contribution in [0.5, 0.6) is 0 Å². The SMILES string of the molecule is CC(C)C[Si](CC(C)C)c1ccc(CC(=O)O)cc1. The molecule has 1 radical (unpaired) electrons. The average molecular weight is 277 g/mol. The first-order chi connectivity index (χ1) is 8.88. The Bertz CT molecular complexity index is 386. The molecule has 0 unspecified atom stereocenters. The molecule has 0 bridgehead atoms. The topological polar surface area (TPSA) is 37.3 Å². The van der Waals surface area contributed by atoms with Gasteiger partial charge in [-0.2, -0.15) is 0 Å². The molecule has 0 saturated carbocycles. The van der Waals surface area contributed by atoms with Crippen LogP contribution in [0, 0.1) is 11.8 Å². The zero-order valence-electron chi connectivity index (χ0n) is 12.4. The van der Waals surface area contributed by atoms with Crippen LogP contribution in [-0.4, -0.2) is 19.9 Å². The van der Waals surface area contributed by atoms with Gasteiger partial charge in [0.2, 0.25) is 0 Å². The zero-order chi connectivity index (χ0) is 14.4. The van der Waals surface area contributed by atoms with Crippen LogP contribution in [0.1, 0.15) is 33.3 Å². The van der Waals surface area contributed by atoms with Crippen molar-refractivity contribution in [2.75, 3.05) is 0 Å². The summed E-state index contributed by atoms with van der Waals surface area (Å²) in [7, 11) is -0.513. The van der Waals surface area contributed by atoms with Crippen LogP contribution in [0.15, 0.2) is 24.3 Å². The summed E-state index contributed by atoms with van der Waals surface area (Å²) in [4.78, 5) is 10.7. The van der Waals surface area contributed by atoms with E-state index in [1.165, 1.54) is 17.3 Å². The van der Waals surface area contributed by atoms with Crippen LogP contribution >= 0.6 is 0 Å². The van der Waals surface area contributed by atoms with E-state index in [1.54, 1.807) is 0 Å². The van der Waals surface area contributed by atoms with Gasteiger partial charge in [0, 0.05) is 0 Å². The van der Waals surface area contributed by atoms with Gasteiger partial charge in [-0.05, 0) is 17.4 Å². The molecule has 0 aliphatic heterocycles. The second-order valence-corrected chi connectivity index (χ2v) is 8.67. The second-order valence-electron chi connectivity index (χ2n) is 6.07.